The van der Waals surface area contributed by atoms with Crippen molar-refractivity contribution in [1.29, 1.82) is 0 Å². The van der Waals surface area contributed by atoms with Gasteiger partial charge in [-0.1, -0.05) is 0 Å². The van der Waals surface area contributed by atoms with Gasteiger partial charge < -0.3 is 14.2 Å². The van der Waals surface area contributed by atoms with Crippen molar-refractivity contribution >= 4 is 27.5 Å². The average molecular weight is 356 g/mol. The Labute approximate surface area is 148 Å². The minimum atomic E-state index is -0.474. The van der Waals surface area contributed by atoms with Crippen molar-refractivity contribution < 1.29 is 19.0 Å². The summed E-state index contributed by atoms with van der Waals surface area (Å²) in [4.78, 5) is 23.0. The van der Waals surface area contributed by atoms with Gasteiger partial charge in [-0.2, -0.15) is 0 Å². The van der Waals surface area contributed by atoms with E-state index in [4.69, 9.17) is 14.2 Å². The molecule has 2 aromatic heterocycles. The van der Waals surface area contributed by atoms with Crippen LogP contribution in [0.25, 0.3) is 10.2 Å². The molecule has 0 saturated carbocycles. The van der Waals surface area contributed by atoms with Crippen LogP contribution in [0.2, 0.25) is 0 Å². The maximum atomic E-state index is 12.1. The summed E-state index contributed by atoms with van der Waals surface area (Å²) in [5.41, 5.74) is 1.58. The number of carbonyl (C=O) groups is 1. The number of benzene rings is 1. The first kappa shape index (κ1) is 15.8. The minimum Gasteiger partial charge on any atom is -0.497 e. The van der Waals surface area contributed by atoms with Crippen LogP contribution in [0.3, 0.4) is 0 Å². The van der Waals surface area contributed by atoms with E-state index >= 15 is 0 Å². The average Bonchev–Trinajstić information content (AvgIpc) is 3.22. The molecule has 6 nitrogen and oxygen atoms in total. The molecule has 2 heterocycles. The first-order valence-electron chi connectivity index (χ1n) is 7.90. The van der Waals surface area contributed by atoms with Gasteiger partial charge in [0, 0.05) is 10.9 Å². The number of esters is 1. The Morgan fingerprint density at radius 2 is 2.08 bits per heavy atom. The molecule has 0 radical (unpaired) electrons. The van der Waals surface area contributed by atoms with E-state index < -0.39 is 5.97 Å². The number of hydrogen-bond donors (Lipinski definition) is 0. The molecule has 0 saturated heterocycles. The largest absolute Gasteiger partial charge is 0.497 e. The van der Waals surface area contributed by atoms with Gasteiger partial charge in [0.1, 0.15) is 28.2 Å². The van der Waals surface area contributed by atoms with Crippen LogP contribution in [-0.2, 0) is 17.6 Å². The summed E-state index contributed by atoms with van der Waals surface area (Å²) in [5.74, 6) is 0.925. The summed E-state index contributed by atoms with van der Waals surface area (Å²) >= 11 is 1.69. The van der Waals surface area contributed by atoms with Crippen LogP contribution in [0.4, 0.5) is 0 Å². The van der Waals surface area contributed by atoms with Crippen LogP contribution in [0.5, 0.6) is 17.4 Å². The third-order valence-corrected chi connectivity index (χ3v) is 5.47. The monoisotopic (exact) mass is 356 g/mol. The summed E-state index contributed by atoms with van der Waals surface area (Å²) in [7, 11) is 2.90. The Morgan fingerprint density at radius 1 is 1.20 bits per heavy atom. The van der Waals surface area contributed by atoms with E-state index in [-0.39, 0.29) is 0 Å². The molecule has 128 valence electrons. The maximum Gasteiger partial charge on any atom is 0.341 e. The van der Waals surface area contributed by atoms with Crippen LogP contribution in [-0.4, -0.2) is 30.2 Å². The summed E-state index contributed by atoms with van der Waals surface area (Å²) in [6.07, 6.45) is 4.70. The molecule has 0 unspecified atom stereocenters. The number of ether oxygens (including phenoxy) is 3. The third kappa shape index (κ3) is 2.70. The standard InChI is InChI=1S/C18H16N2O4S/c1-22-10-6-7-11(18(21)23-2)13(8-10)24-16-15-12-4-3-5-14(12)25-17(15)20-9-19-16/h6-9H,3-5H2,1-2H3. The maximum absolute atomic E-state index is 12.1. The van der Waals surface area contributed by atoms with E-state index in [0.29, 0.717) is 22.9 Å². The predicted molar refractivity (Wildman–Crippen MR) is 93.8 cm³/mol. The Balaban J connectivity index is 1.83. The number of carbonyl (C=O) groups excluding carboxylic acids is 1. The van der Waals surface area contributed by atoms with Gasteiger partial charge in [0.15, 0.2) is 0 Å². The van der Waals surface area contributed by atoms with Gasteiger partial charge in [0.25, 0.3) is 0 Å². The van der Waals surface area contributed by atoms with E-state index in [1.54, 1.807) is 36.6 Å². The normalized spacial score (nSPS) is 12.9. The summed E-state index contributed by atoms with van der Waals surface area (Å²) in [6.45, 7) is 0. The van der Waals surface area contributed by atoms with Crippen LogP contribution < -0.4 is 9.47 Å². The van der Waals surface area contributed by atoms with Crippen LogP contribution >= 0.6 is 11.3 Å². The van der Waals surface area contributed by atoms with Crippen LogP contribution in [0.1, 0.15) is 27.2 Å². The Bertz CT molecular complexity index is 967. The lowest BCUT2D eigenvalue weighted by Gasteiger charge is -2.12. The number of rotatable bonds is 4. The number of fused-ring (bicyclic) bond motifs is 3. The summed E-state index contributed by atoms with van der Waals surface area (Å²) in [5, 5.41) is 0.943. The zero-order chi connectivity index (χ0) is 17.4. The Kier molecular flexibility index (Phi) is 4.01. The molecule has 25 heavy (non-hydrogen) atoms. The van der Waals surface area contributed by atoms with Gasteiger partial charge in [0.2, 0.25) is 5.88 Å². The van der Waals surface area contributed by atoms with Crippen molar-refractivity contribution in [1.82, 2.24) is 9.97 Å². The smallest absolute Gasteiger partial charge is 0.341 e. The molecule has 0 aliphatic heterocycles. The molecule has 1 aliphatic carbocycles. The van der Waals surface area contributed by atoms with E-state index in [9.17, 15) is 4.79 Å². The van der Waals surface area contributed by atoms with Crippen molar-refractivity contribution in [2.45, 2.75) is 19.3 Å². The van der Waals surface area contributed by atoms with Gasteiger partial charge in [-0.15, -0.1) is 11.3 Å². The molecule has 1 aliphatic rings. The topological polar surface area (TPSA) is 70.5 Å². The van der Waals surface area contributed by atoms with Gasteiger partial charge in [-0.3, -0.25) is 0 Å². The highest BCUT2D eigenvalue weighted by Gasteiger charge is 2.23. The number of aromatic nitrogens is 2. The van der Waals surface area contributed by atoms with Crippen molar-refractivity contribution in [3.63, 3.8) is 0 Å². The summed E-state index contributed by atoms with van der Waals surface area (Å²) < 4.78 is 16.1. The quantitative estimate of drug-likeness (QED) is 0.663. The second-order valence-corrected chi connectivity index (χ2v) is 6.76. The molecular formula is C18H16N2O4S. The predicted octanol–water partition coefficient (Wildman–Crippen LogP) is 3.77. The fourth-order valence-electron chi connectivity index (χ4n) is 3.07. The van der Waals surface area contributed by atoms with E-state index in [1.165, 1.54) is 23.9 Å². The van der Waals surface area contributed by atoms with E-state index in [2.05, 4.69) is 9.97 Å². The Hall–Kier alpha value is -2.67. The number of aryl methyl sites for hydroxylation is 2. The second kappa shape index (κ2) is 6.33. The molecule has 7 heteroatoms. The fraction of sp³-hybridized carbons (Fsp3) is 0.278. The first-order chi connectivity index (χ1) is 12.2. The molecule has 0 bridgehead atoms. The third-order valence-electron chi connectivity index (χ3n) is 4.27. The number of thiophene rings is 1. The molecule has 0 fully saturated rings. The highest BCUT2D eigenvalue weighted by atomic mass is 32.1. The molecule has 4 rings (SSSR count). The lowest BCUT2D eigenvalue weighted by Crippen LogP contribution is -2.04. The second-order valence-electron chi connectivity index (χ2n) is 5.67. The van der Waals surface area contributed by atoms with E-state index in [1.807, 2.05) is 0 Å². The molecular weight excluding hydrogens is 340 g/mol. The zero-order valence-electron chi connectivity index (χ0n) is 13.9. The minimum absolute atomic E-state index is 0.321. The molecule has 0 spiro atoms. The van der Waals surface area contributed by atoms with Gasteiger partial charge in [-0.25, -0.2) is 14.8 Å². The van der Waals surface area contributed by atoms with Gasteiger partial charge >= 0.3 is 5.97 Å². The van der Waals surface area contributed by atoms with Gasteiger partial charge in [0.05, 0.1) is 19.6 Å². The Morgan fingerprint density at radius 3 is 2.88 bits per heavy atom. The van der Waals surface area contributed by atoms with E-state index in [0.717, 1.165) is 29.5 Å². The summed E-state index contributed by atoms with van der Waals surface area (Å²) in [6, 6.07) is 4.97. The zero-order valence-corrected chi connectivity index (χ0v) is 14.7. The van der Waals surface area contributed by atoms with Gasteiger partial charge in [-0.05, 0) is 37.0 Å². The van der Waals surface area contributed by atoms with Crippen LogP contribution in [0, 0.1) is 0 Å². The van der Waals surface area contributed by atoms with Crippen molar-refractivity contribution in [3.8, 4) is 17.4 Å². The molecule has 0 atom stereocenters. The van der Waals surface area contributed by atoms with Crippen molar-refractivity contribution in [2.24, 2.45) is 0 Å². The molecule has 3 aromatic rings. The fourth-order valence-corrected chi connectivity index (χ4v) is 4.29. The SMILES string of the molecule is COC(=O)c1ccc(OC)cc1Oc1ncnc2sc3c(c12)CCC3. The lowest BCUT2D eigenvalue weighted by atomic mass is 10.2. The van der Waals surface area contributed by atoms with Crippen molar-refractivity contribution in [2.75, 3.05) is 14.2 Å². The van der Waals surface area contributed by atoms with Crippen molar-refractivity contribution in [3.05, 3.63) is 40.5 Å². The number of methoxy groups -OCH3 is 2. The van der Waals surface area contributed by atoms with Crippen LogP contribution in [0.15, 0.2) is 24.5 Å². The number of hydrogen-bond acceptors (Lipinski definition) is 7. The highest BCUT2D eigenvalue weighted by molar-refractivity contribution is 7.18. The highest BCUT2D eigenvalue weighted by Crippen LogP contribution is 2.41. The molecule has 0 amide bonds. The lowest BCUT2D eigenvalue weighted by molar-refractivity contribution is 0.0598. The molecule has 1 aromatic carbocycles. The molecule has 0 N–H and O–H groups in total. The first-order valence-corrected chi connectivity index (χ1v) is 8.72. The number of nitrogens with zero attached hydrogens (tertiary/aromatic N) is 2.